The van der Waals surface area contributed by atoms with Gasteiger partial charge >= 0.3 is 0 Å². The van der Waals surface area contributed by atoms with Gasteiger partial charge in [0.25, 0.3) is 0 Å². The molecule has 50 valence electrons. The highest BCUT2D eigenvalue weighted by molar-refractivity contribution is 5.98. The Bertz CT molecular complexity index is 149. The monoisotopic (exact) mass is 126 g/mol. The fourth-order valence-electron chi connectivity index (χ4n) is 0.301. The smallest absolute Gasteiger partial charge is 0.241 e. The Morgan fingerprint density at radius 3 is 2.56 bits per heavy atom. The van der Waals surface area contributed by atoms with E-state index in [9.17, 15) is 4.79 Å². The Balaban J connectivity index is 3.71. The Morgan fingerprint density at radius 1 is 1.67 bits per heavy atom. The largest absolute Gasteiger partial charge is 0.366 e. The number of hydrogen-bond acceptors (Lipinski definition) is 2. The van der Waals surface area contributed by atoms with Crippen LogP contribution in [0.25, 0.3) is 0 Å². The molecule has 0 saturated heterocycles. The summed E-state index contributed by atoms with van der Waals surface area (Å²) in [5, 5.41) is 7.04. The first-order valence-electron chi connectivity index (χ1n) is 2.71. The van der Waals surface area contributed by atoms with Gasteiger partial charge in [0.2, 0.25) is 5.91 Å². The first kappa shape index (κ1) is 7.88. The van der Waals surface area contributed by atoms with Crippen molar-refractivity contribution in [2.75, 3.05) is 0 Å². The lowest BCUT2D eigenvalue weighted by molar-refractivity contribution is -0.113. The molecule has 0 rings (SSSR count). The van der Waals surface area contributed by atoms with Gasteiger partial charge in [0.15, 0.2) is 0 Å². The zero-order valence-electron chi connectivity index (χ0n) is 5.35. The molecule has 0 aliphatic rings. The molecule has 0 bridgehead atoms. The minimum atomic E-state index is -0.506. The molecule has 0 spiro atoms. The van der Waals surface area contributed by atoms with E-state index in [-0.39, 0.29) is 0 Å². The van der Waals surface area contributed by atoms with Crippen LogP contribution in [0, 0.1) is 5.41 Å². The van der Waals surface area contributed by atoms with Crippen molar-refractivity contribution in [1.82, 2.24) is 0 Å². The van der Waals surface area contributed by atoms with Crippen molar-refractivity contribution in [2.24, 2.45) is 5.73 Å². The van der Waals surface area contributed by atoms with Gasteiger partial charge in [0.1, 0.15) is 0 Å². The van der Waals surface area contributed by atoms with Crippen molar-refractivity contribution in [3.63, 3.8) is 0 Å². The van der Waals surface area contributed by atoms with E-state index in [1.165, 1.54) is 12.2 Å². The molecule has 3 nitrogen and oxygen atoms in total. The Morgan fingerprint density at radius 2 is 2.22 bits per heavy atom. The van der Waals surface area contributed by atoms with Gasteiger partial charge in [-0.25, -0.2) is 0 Å². The van der Waals surface area contributed by atoms with Crippen molar-refractivity contribution in [1.29, 1.82) is 5.41 Å². The molecule has 0 aromatic heterocycles. The van der Waals surface area contributed by atoms with E-state index in [1.54, 1.807) is 0 Å². The molecule has 0 aliphatic carbocycles. The number of amides is 1. The second kappa shape index (κ2) is 3.83. The lowest BCUT2D eigenvalue weighted by Gasteiger charge is -1.85. The maximum atomic E-state index is 10.1. The molecule has 0 heterocycles. The van der Waals surface area contributed by atoms with Crippen LogP contribution in [0.15, 0.2) is 12.2 Å². The van der Waals surface area contributed by atoms with Gasteiger partial charge < -0.3 is 11.1 Å². The number of nitrogens with one attached hydrogen (secondary N) is 1. The van der Waals surface area contributed by atoms with E-state index in [0.717, 1.165) is 0 Å². The molecule has 0 unspecified atom stereocenters. The molecule has 9 heavy (non-hydrogen) atoms. The van der Waals surface area contributed by atoms with Crippen LogP contribution < -0.4 is 5.73 Å². The molecule has 0 aliphatic heterocycles. The zero-order valence-corrected chi connectivity index (χ0v) is 5.35. The second-order valence-electron chi connectivity index (χ2n) is 1.61. The van der Waals surface area contributed by atoms with E-state index >= 15 is 0 Å². The second-order valence-corrected chi connectivity index (χ2v) is 1.61. The van der Waals surface area contributed by atoms with Gasteiger partial charge in [-0.3, -0.25) is 4.79 Å². The highest BCUT2D eigenvalue weighted by atomic mass is 16.1. The minimum absolute atomic E-state index is 0.411. The number of nitrogens with two attached hydrogens (primary N) is 1. The summed E-state index contributed by atoms with van der Waals surface area (Å²) in [6.45, 7) is 1.84. The number of hydrogen-bond donors (Lipinski definition) is 2. The van der Waals surface area contributed by atoms with E-state index < -0.39 is 5.91 Å². The normalized spacial score (nSPS) is 9.89. The van der Waals surface area contributed by atoms with Crippen LogP contribution in [-0.4, -0.2) is 11.6 Å². The lowest BCUT2D eigenvalue weighted by Crippen LogP contribution is -2.06. The molecule has 0 saturated carbocycles. The third-order valence-electron chi connectivity index (χ3n) is 0.830. The van der Waals surface area contributed by atoms with Crippen molar-refractivity contribution in [2.45, 2.75) is 13.3 Å². The van der Waals surface area contributed by atoms with Gasteiger partial charge in [-0.1, -0.05) is 6.92 Å². The van der Waals surface area contributed by atoms with E-state index in [2.05, 4.69) is 0 Å². The predicted octanol–water partition coefficient (Wildman–Crippen LogP) is 0.458. The summed E-state index contributed by atoms with van der Waals surface area (Å²) in [6.07, 6.45) is 3.22. The van der Waals surface area contributed by atoms with Crippen molar-refractivity contribution in [3.8, 4) is 0 Å². The Labute approximate surface area is 54.1 Å². The fourth-order valence-corrected chi connectivity index (χ4v) is 0.301. The summed E-state index contributed by atoms with van der Waals surface area (Å²) in [4.78, 5) is 10.1. The summed E-state index contributed by atoms with van der Waals surface area (Å²) in [7, 11) is 0. The maximum absolute atomic E-state index is 10.1. The average molecular weight is 126 g/mol. The topological polar surface area (TPSA) is 66.9 Å². The zero-order chi connectivity index (χ0) is 7.28. The summed E-state index contributed by atoms with van der Waals surface area (Å²) in [5.41, 5.74) is 5.18. The number of carbonyl (C=O) groups is 1. The highest BCUT2D eigenvalue weighted by Gasteiger charge is 1.85. The highest BCUT2D eigenvalue weighted by Crippen LogP contribution is 1.82. The van der Waals surface area contributed by atoms with Gasteiger partial charge in [0.05, 0.1) is 0 Å². The SMILES string of the molecule is CCC(=N)C=CC(N)=O. The third kappa shape index (κ3) is 4.74. The molecule has 0 aromatic carbocycles. The predicted molar refractivity (Wildman–Crippen MR) is 36.4 cm³/mol. The van der Waals surface area contributed by atoms with Crippen LogP contribution in [0.5, 0.6) is 0 Å². The fraction of sp³-hybridized carbons (Fsp3) is 0.333. The van der Waals surface area contributed by atoms with Crippen LogP contribution in [-0.2, 0) is 4.79 Å². The van der Waals surface area contributed by atoms with E-state index in [0.29, 0.717) is 12.1 Å². The Kier molecular flexibility index (Phi) is 3.35. The third-order valence-corrected chi connectivity index (χ3v) is 0.830. The molecule has 0 atom stereocenters. The van der Waals surface area contributed by atoms with E-state index in [1.807, 2.05) is 6.92 Å². The van der Waals surface area contributed by atoms with E-state index in [4.69, 9.17) is 11.1 Å². The molecule has 3 N–H and O–H groups in total. The van der Waals surface area contributed by atoms with Gasteiger partial charge in [-0.05, 0) is 12.5 Å². The van der Waals surface area contributed by atoms with Crippen LogP contribution in [0.1, 0.15) is 13.3 Å². The molecule has 0 radical (unpaired) electrons. The van der Waals surface area contributed by atoms with Gasteiger partial charge in [-0.2, -0.15) is 0 Å². The lowest BCUT2D eigenvalue weighted by atomic mass is 10.3. The standard InChI is InChI=1S/C6H10N2O/c1-2-5(7)3-4-6(8)9/h3-4,7H,2H2,1H3,(H2,8,9). The molecule has 1 amide bonds. The van der Waals surface area contributed by atoms with Crippen LogP contribution in [0.4, 0.5) is 0 Å². The number of rotatable bonds is 3. The first-order chi connectivity index (χ1) is 4.16. The van der Waals surface area contributed by atoms with Crippen molar-refractivity contribution >= 4 is 11.6 Å². The van der Waals surface area contributed by atoms with Gasteiger partial charge in [-0.15, -0.1) is 0 Å². The van der Waals surface area contributed by atoms with Crippen LogP contribution in [0.2, 0.25) is 0 Å². The number of allylic oxidation sites excluding steroid dienone is 1. The quantitative estimate of drug-likeness (QED) is 0.418. The summed E-state index contributed by atoms with van der Waals surface area (Å²) in [6, 6.07) is 0. The average Bonchev–Trinajstić information content (AvgIpc) is 1.83. The summed E-state index contributed by atoms with van der Waals surface area (Å²) >= 11 is 0. The van der Waals surface area contributed by atoms with Crippen molar-refractivity contribution in [3.05, 3.63) is 12.2 Å². The van der Waals surface area contributed by atoms with Crippen LogP contribution >= 0.6 is 0 Å². The Hall–Kier alpha value is -1.12. The van der Waals surface area contributed by atoms with Crippen LogP contribution in [0.3, 0.4) is 0 Å². The maximum Gasteiger partial charge on any atom is 0.241 e. The minimum Gasteiger partial charge on any atom is -0.366 e. The molecule has 3 heteroatoms. The molecule has 0 fully saturated rings. The summed E-state index contributed by atoms with van der Waals surface area (Å²) < 4.78 is 0. The van der Waals surface area contributed by atoms with Crippen molar-refractivity contribution < 1.29 is 4.79 Å². The molecular formula is C6H10N2O. The van der Waals surface area contributed by atoms with Gasteiger partial charge in [0, 0.05) is 11.8 Å². The molecule has 0 aromatic rings. The summed E-state index contributed by atoms with van der Waals surface area (Å²) in [5.74, 6) is -0.506. The molecular weight excluding hydrogens is 116 g/mol. The number of primary amides is 1. The first-order valence-corrected chi connectivity index (χ1v) is 2.71. The number of carbonyl (C=O) groups excluding carboxylic acids is 1.